The van der Waals surface area contributed by atoms with Gasteiger partial charge in [-0.25, -0.2) is 19.6 Å². The molecule has 0 spiro atoms. The number of nitrogens with zero attached hydrogens (tertiary/aromatic N) is 6. The van der Waals surface area contributed by atoms with Crippen LogP contribution in [0.15, 0.2) is 237 Å². The molecule has 14 rings (SSSR count). The van der Waals surface area contributed by atoms with Gasteiger partial charge in [-0.3, -0.25) is 33.6 Å². The Balaban J connectivity index is 0.000000163. The zero-order chi connectivity index (χ0) is 75.2. The van der Waals surface area contributed by atoms with Crippen LogP contribution in [0.4, 0.5) is 4.79 Å². The fraction of sp³-hybridized carbons (Fsp3) is 0.247. The summed E-state index contributed by atoms with van der Waals surface area (Å²) >= 11 is 18.1. The normalized spacial score (nSPS) is 18.0. The van der Waals surface area contributed by atoms with Gasteiger partial charge in [0.2, 0.25) is 12.2 Å². The molecule has 3 aliphatic rings. The number of aromatic nitrogens is 7. The molecule has 3 unspecified atom stereocenters. The molecule has 3 aliphatic heterocycles. The van der Waals surface area contributed by atoms with Crippen molar-refractivity contribution in [2.75, 3.05) is 19.6 Å². The Bertz CT molecular complexity index is 4520. The maximum Gasteiger partial charge on any atom is 0.410 e. The fourth-order valence-corrected chi connectivity index (χ4v) is 13.4. The van der Waals surface area contributed by atoms with Crippen LogP contribution in [0, 0.1) is 5.92 Å². The Morgan fingerprint density at radius 1 is 0.547 bits per heavy atom. The van der Waals surface area contributed by atoms with Gasteiger partial charge in [-0.2, -0.15) is 8.42 Å². The topological polar surface area (TPSA) is 311 Å². The molecule has 8 heterocycles. The highest BCUT2D eigenvalue weighted by molar-refractivity contribution is 7.79. The third-order valence-electron chi connectivity index (χ3n) is 17.9. The molecule has 5 aromatic heterocycles. The number of Topliss-reactive ketones (excluding diaryl/α,β-unsaturated/α-hetero) is 1. The summed E-state index contributed by atoms with van der Waals surface area (Å²) in [5.41, 5.74) is 15.6. The molecule has 25 heteroatoms. The summed E-state index contributed by atoms with van der Waals surface area (Å²) in [5.74, 6) is 0.893. The van der Waals surface area contributed by atoms with E-state index in [-0.39, 0.29) is 30.3 Å². The average molecular weight is 1510 g/mol. The monoisotopic (exact) mass is 1510 g/mol. The number of rotatable bonds is 14. The molecule has 0 aliphatic carbocycles. The van der Waals surface area contributed by atoms with Crippen molar-refractivity contribution in [3.8, 4) is 45.6 Å². The van der Waals surface area contributed by atoms with Crippen molar-refractivity contribution >= 4 is 69.5 Å². The number of carbonyl (C=O) groups is 4. The number of hydrogen-bond acceptors (Lipinski definition) is 15. The van der Waals surface area contributed by atoms with Crippen molar-refractivity contribution in [3.63, 3.8) is 0 Å². The maximum absolute atomic E-state index is 13.6. The number of benzene rings is 6. The molecule has 548 valence electrons. The molecular formula is C81H82Cl3N11O10S. The molecule has 6 aromatic carbocycles. The number of imidazole rings is 2. The molecule has 0 radical (unpaired) electrons. The van der Waals surface area contributed by atoms with Crippen LogP contribution in [0.1, 0.15) is 138 Å². The number of nitrogens with one attached hydrogen (secondary N) is 4. The molecule has 11 aromatic rings. The van der Waals surface area contributed by atoms with Crippen LogP contribution in [0.3, 0.4) is 0 Å². The zero-order valence-electron chi connectivity index (χ0n) is 58.5. The number of ether oxygens (including phenoxy) is 2. The van der Waals surface area contributed by atoms with Crippen LogP contribution in [0.2, 0.25) is 15.1 Å². The number of carbonyl (C=O) groups excluding carboxylic acids is 4. The summed E-state index contributed by atoms with van der Waals surface area (Å²) < 4.78 is 43.2. The van der Waals surface area contributed by atoms with Gasteiger partial charge in [-0.1, -0.05) is 144 Å². The smallest absolute Gasteiger partial charge is 0.410 e. The predicted molar refractivity (Wildman–Crippen MR) is 411 cm³/mol. The molecule has 106 heavy (non-hydrogen) atoms. The zero-order valence-corrected chi connectivity index (χ0v) is 61.5. The first kappa shape index (κ1) is 78.3. The first-order valence-electron chi connectivity index (χ1n) is 34.5. The second-order valence-electron chi connectivity index (χ2n) is 26.3. The largest absolute Gasteiger partial charge is 0.450 e. The predicted octanol–water partition coefficient (Wildman–Crippen LogP) is 17.0. The number of aromatic amines is 2. The van der Waals surface area contributed by atoms with E-state index >= 15 is 0 Å². The van der Waals surface area contributed by atoms with Crippen molar-refractivity contribution in [2.24, 2.45) is 11.7 Å². The third kappa shape index (κ3) is 22.4. The highest BCUT2D eigenvalue weighted by Crippen LogP contribution is 2.41. The first-order chi connectivity index (χ1) is 51.1. The minimum absolute atomic E-state index is 0.172. The van der Waals surface area contributed by atoms with E-state index < -0.39 is 45.9 Å². The Hall–Kier alpha value is -10.3. The highest BCUT2D eigenvalue weighted by atomic mass is 35.5. The van der Waals surface area contributed by atoms with Crippen molar-refractivity contribution < 1.29 is 46.2 Å². The molecule has 3 fully saturated rings. The van der Waals surface area contributed by atoms with Crippen LogP contribution in [0.25, 0.3) is 45.6 Å². The van der Waals surface area contributed by atoms with Gasteiger partial charge >= 0.3 is 22.5 Å². The molecule has 8 N–H and O–H groups in total. The summed E-state index contributed by atoms with van der Waals surface area (Å²) in [5, 5.41) is 9.39. The van der Waals surface area contributed by atoms with E-state index in [0.29, 0.717) is 41.8 Å². The summed E-state index contributed by atoms with van der Waals surface area (Å²) in [6, 6.07) is 70.4. The van der Waals surface area contributed by atoms with E-state index in [1.165, 1.54) is 17.3 Å². The minimum Gasteiger partial charge on any atom is -0.450 e. The number of piperidine rings is 3. The van der Waals surface area contributed by atoms with E-state index in [4.69, 9.17) is 76.6 Å². The summed E-state index contributed by atoms with van der Waals surface area (Å²) in [6.45, 7) is 7.41. The molecule has 0 bridgehead atoms. The number of hydrogen-bond donors (Lipinski definition) is 7. The van der Waals surface area contributed by atoms with Gasteiger partial charge in [-0.15, -0.1) is 0 Å². The fourth-order valence-electron chi connectivity index (χ4n) is 13.0. The SMILES string of the molecule is CC(C)(C)OC(=O)N1CC(C(OC(=O)c2ccc(Cl)cc2)C(=O)c2ccccn2)CCC1c1ccccc1.Clc1ccc(-c2nc(-c3ccccn3)c([C@@H]3CC[C@H](c4ccccc4)NC3)[nH]2)cc1.Clc1ccc(-c2nc(-c3ccccn3)c([C@H]3CC[C@H](c4ccccc4)NC3)[nH]2)cc1.NC=O.O=S(=O)(O)O. The van der Waals surface area contributed by atoms with Gasteiger partial charge in [0.1, 0.15) is 34.3 Å². The number of ketones is 1. The molecule has 7 atom stereocenters. The standard InChI is InChI=1S/C30H31ClN2O5.2C25H23ClN4.CH3NO.H2O4S/c1-30(2,3)38-29(36)33-19-22(14-17-25(33)20-9-5-4-6-10-20)27(26(34)24-11-7-8-18-32-24)37-28(35)21-12-15-23(31)16-13-21;2*26-20-12-9-18(10-13-20)25-29-23(24(30-25)22-8-4-5-15-27-22)19-11-14-21(28-16-19)17-6-2-1-3-7-17;2-1-3;1-5(2,3)4/h4-13,15-16,18,22,25,27H,14,17,19H2,1-3H3;2*1-10,12-13,15,19,21,28H,11,14,16H2,(H,29,30);1H,(H2,2,3);(H2,1,2,3,4)/t;19-,21+;19-,21-;;/m.01../s1. The van der Waals surface area contributed by atoms with Crippen molar-refractivity contribution in [1.29, 1.82) is 0 Å². The van der Waals surface area contributed by atoms with E-state index in [9.17, 15) is 14.4 Å². The first-order valence-corrected chi connectivity index (χ1v) is 37.0. The van der Waals surface area contributed by atoms with Crippen LogP contribution in [0.5, 0.6) is 0 Å². The van der Waals surface area contributed by atoms with Gasteiger partial charge in [0.05, 0.1) is 23.0 Å². The number of pyridine rings is 3. The van der Waals surface area contributed by atoms with E-state index in [0.717, 1.165) is 111 Å². The van der Waals surface area contributed by atoms with E-state index in [1.807, 2.05) is 148 Å². The van der Waals surface area contributed by atoms with Crippen molar-refractivity contribution in [3.05, 3.63) is 291 Å². The Kier molecular flexibility index (Phi) is 27.8. The van der Waals surface area contributed by atoms with Crippen LogP contribution in [-0.2, 0) is 24.7 Å². The highest BCUT2D eigenvalue weighted by Gasteiger charge is 2.43. The number of halogens is 3. The molecule has 21 nitrogen and oxygen atoms in total. The van der Waals surface area contributed by atoms with Gasteiger partial charge in [0.15, 0.2) is 6.10 Å². The summed E-state index contributed by atoms with van der Waals surface area (Å²) in [4.78, 5) is 80.7. The van der Waals surface area contributed by atoms with Gasteiger partial charge < -0.3 is 40.7 Å². The van der Waals surface area contributed by atoms with Gasteiger partial charge in [0, 0.05) is 106 Å². The van der Waals surface area contributed by atoms with Crippen LogP contribution >= 0.6 is 34.8 Å². The Morgan fingerprint density at radius 2 is 0.953 bits per heavy atom. The number of likely N-dealkylation sites (tertiary alicyclic amines) is 1. The number of H-pyrrole nitrogens is 2. The van der Waals surface area contributed by atoms with Gasteiger partial charge in [0.25, 0.3) is 0 Å². The lowest BCUT2D eigenvalue weighted by Gasteiger charge is -2.42. The van der Waals surface area contributed by atoms with E-state index in [2.05, 4.69) is 102 Å². The minimum atomic E-state index is -4.67. The molecule has 2 amide bonds. The summed E-state index contributed by atoms with van der Waals surface area (Å²) in [7, 11) is -4.67. The lowest BCUT2D eigenvalue weighted by atomic mass is 9.84. The summed E-state index contributed by atoms with van der Waals surface area (Å²) in [6.07, 6.45) is 9.26. The second-order valence-corrected chi connectivity index (χ2v) is 28.5. The quantitative estimate of drug-likeness (QED) is 0.0230. The Morgan fingerprint density at radius 3 is 1.34 bits per heavy atom. The van der Waals surface area contributed by atoms with Crippen molar-refractivity contribution in [1.82, 2.24) is 50.4 Å². The van der Waals surface area contributed by atoms with Gasteiger partial charge in [-0.05, 0) is 185 Å². The lowest BCUT2D eigenvalue weighted by molar-refractivity contribution is -0.106. The van der Waals surface area contributed by atoms with Crippen LogP contribution < -0.4 is 16.4 Å². The van der Waals surface area contributed by atoms with Crippen LogP contribution in [-0.4, -0.2) is 113 Å². The number of esters is 1. The average Bonchev–Trinajstić information content (AvgIpc) is 1.61. The maximum atomic E-state index is 13.6. The van der Waals surface area contributed by atoms with E-state index in [1.54, 1.807) is 47.4 Å². The molecule has 0 saturated carbocycles. The third-order valence-corrected chi connectivity index (χ3v) is 18.7. The Labute approximate surface area is 631 Å². The number of primary amides is 1. The lowest BCUT2D eigenvalue weighted by Crippen LogP contribution is -2.49. The number of amides is 2. The number of nitrogens with two attached hydrogens (primary N) is 1. The van der Waals surface area contributed by atoms with Crippen molar-refractivity contribution in [2.45, 2.75) is 101 Å². The molecule has 3 saturated heterocycles. The molecular weight excluding hydrogens is 1430 g/mol. The second kappa shape index (κ2) is 37.6.